The van der Waals surface area contributed by atoms with Gasteiger partial charge in [-0.05, 0) is 12.3 Å². The number of unbranched alkanes of at least 4 members (excludes halogenated alkanes) is 1. The summed E-state index contributed by atoms with van der Waals surface area (Å²) in [5.74, 6) is 0.652. The van der Waals surface area contributed by atoms with Gasteiger partial charge in [-0.1, -0.05) is 33.1 Å². The first-order valence-electron chi connectivity index (χ1n) is 4.32. The van der Waals surface area contributed by atoms with Crippen LogP contribution in [0.1, 0.15) is 39.5 Å². The van der Waals surface area contributed by atoms with Crippen molar-refractivity contribution in [3.63, 3.8) is 0 Å². The maximum absolute atomic E-state index is 8.65. The van der Waals surface area contributed by atoms with Crippen LogP contribution in [-0.2, 0) is 0 Å². The standard InChI is InChI=1S/C8H19O2P/c1-3-4-5-8(2)6-7-11(9)10/h8-10H,3-7H2,1-2H3. The number of hydrogen-bond donors (Lipinski definition) is 2. The van der Waals surface area contributed by atoms with E-state index in [4.69, 9.17) is 9.79 Å². The minimum Gasteiger partial charge on any atom is -0.350 e. The minimum absolute atomic E-state index is 0.584. The molecule has 68 valence electrons. The van der Waals surface area contributed by atoms with Crippen molar-refractivity contribution >= 4 is 8.38 Å². The number of hydrogen-bond acceptors (Lipinski definition) is 2. The summed E-state index contributed by atoms with van der Waals surface area (Å²) in [7, 11) is -1.65. The zero-order chi connectivity index (χ0) is 8.69. The van der Waals surface area contributed by atoms with E-state index in [2.05, 4.69) is 13.8 Å². The molecule has 0 aliphatic rings. The third-order valence-corrected chi connectivity index (χ3v) is 2.53. The van der Waals surface area contributed by atoms with Crippen molar-refractivity contribution in [2.24, 2.45) is 5.92 Å². The summed E-state index contributed by atoms with van der Waals surface area (Å²) in [4.78, 5) is 17.3. The Labute approximate surface area is 70.6 Å². The predicted molar refractivity (Wildman–Crippen MR) is 49.5 cm³/mol. The van der Waals surface area contributed by atoms with E-state index in [1.807, 2.05) is 0 Å². The van der Waals surface area contributed by atoms with Gasteiger partial charge in [-0.15, -0.1) is 0 Å². The predicted octanol–water partition coefficient (Wildman–Crippen LogP) is 2.50. The third-order valence-electron chi connectivity index (χ3n) is 1.87. The van der Waals surface area contributed by atoms with Crippen LogP contribution in [0.15, 0.2) is 0 Å². The number of rotatable bonds is 6. The summed E-state index contributed by atoms with van der Waals surface area (Å²) in [6.07, 6.45) is 5.26. The Balaban J connectivity index is 3.15. The van der Waals surface area contributed by atoms with Gasteiger partial charge in [0.2, 0.25) is 0 Å². The van der Waals surface area contributed by atoms with Crippen molar-refractivity contribution in [1.82, 2.24) is 0 Å². The van der Waals surface area contributed by atoms with Crippen LogP contribution in [0.25, 0.3) is 0 Å². The maximum atomic E-state index is 8.65. The quantitative estimate of drug-likeness (QED) is 0.613. The molecule has 1 unspecified atom stereocenters. The molecule has 0 heterocycles. The molecule has 0 bridgehead atoms. The lowest BCUT2D eigenvalue weighted by molar-refractivity contribution is 0.452. The summed E-state index contributed by atoms with van der Waals surface area (Å²) >= 11 is 0. The molecule has 11 heavy (non-hydrogen) atoms. The molecular weight excluding hydrogens is 159 g/mol. The van der Waals surface area contributed by atoms with Crippen LogP contribution in [0.4, 0.5) is 0 Å². The molecule has 0 amide bonds. The molecule has 0 spiro atoms. The van der Waals surface area contributed by atoms with Gasteiger partial charge in [-0.25, -0.2) is 0 Å². The lowest BCUT2D eigenvalue weighted by Gasteiger charge is -2.10. The lowest BCUT2D eigenvalue weighted by Crippen LogP contribution is -1.97. The molecule has 0 radical (unpaired) electrons. The summed E-state index contributed by atoms with van der Waals surface area (Å²) in [5, 5.41) is 0. The average molecular weight is 178 g/mol. The zero-order valence-corrected chi connectivity index (χ0v) is 8.35. The molecule has 0 fully saturated rings. The molecule has 0 aromatic heterocycles. The van der Waals surface area contributed by atoms with Crippen molar-refractivity contribution in [2.75, 3.05) is 6.16 Å². The van der Waals surface area contributed by atoms with E-state index in [-0.39, 0.29) is 0 Å². The second-order valence-corrected chi connectivity index (χ2v) is 4.32. The monoisotopic (exact) mass is 178 g/mol. The van der Waals surface area contributed by atoms with Gasteiger partial charge in [-0.3, -0.25) is 0 Å². The highest BCUT2D eigenvalue weighted by Crippen LogP contribution is 2.26. The van der Waals surface area contributed by atoms with Gasteiger partial charge in [0.1, 0.15) is 0 Å². The van der Waals surface area contributed by atoms with E-state index in [9.17, 15) is 0 Å². The van der Waals surface area contributed by atoms with Crippen LogP contribution >= 0.6 is 8.38 Å². The highest BCUT2D eigenvalue weighted by molar-refractivity contribution is 7.45. The smallest absolute Gasteiger partial charge is 0.164 e. The van der Waals surface area contributed by atoms with Crippen LogP contribution in [-0.4, -0.2) is 15.9 Å². The van der Waals surface area contributed by atoms with Crippen molar-refractivity contribution in [3.05, 3.63) is 0 Å². The van der Waals surface area contributed by atoms with E-state index in [1.54, 1.807) is 0 Å². The van der Waals surface area contributed by atoms with Crippen LogP contribution in [0, 0.1) is 5.92 Å². The Hall–Kier alpha value is 0.350. The van der Waals surface area contributed by atoms with Crippen LogP contribution < -0.4 is 0 Å². The van der Waals surface area contributed by atoms with E-state index in [1.165, 1.54) is 19.3 Å². The Kier molecular flexibility index (Phi) is 7.25. The molecule has 0 saturated heterocycles. The van der Waals surface area contributed by atoms with Gasteiger partial charge in [0, 0.05) is 6.16 Å². The van der Waals surface area contributed by atoms with E-state index in [0.717, 1.165) is 6.42 Å². The summed E-state index contributed by atoms with van der Waals surface area (Å²) < 4.78 is 0. The summed E-state index contributed by atoms with van der Waals surface area (Å²) in [6, 6.07) is 0. The fourth-order valence-electron chi connectivity index (χ4n) is 1.03. The molecule has 0 aromatic carbocycles. The van der Waals surface area contributed by atoms with Gasteiger partial charge in [0.05, 0.1) is 0 Å². The molecule has 1 atom stereocenters. The molecule has 0 aliphatic heterocycles. The van der Waals surface area contributed by atoms with Crippen LogP contribution in [0.5, 0.6) is 0 Å². The zero-order valence-electron chi connectivity index (χ0n) is 7.45. The molecule has 3 heteroatoms. The summed E-state index contributed by atoms with van der Waals surface area (Å²) in [5.41, 5.74) is 0. The normalized spacial score (nSPS) is 13.9. The second-order valence-electron chi connectivity index (χ2n) is 3.13. The van der Waals surface area contributed by atoms with E-state index >= 15 is 0 Å². The topological polar surface area (TPSA) is 40.5 Å². The lowest BCUT2D eigenvalue weighted by atomic mass is 10.0. The Bertz CT molecular complexity index is 86.2. The molecular formula is C8H19O2P. The SMILES string of the molecule is CCCCC(C)CCP(O)O. The Morgan fingerprint density at radius 3 is 2.36 bits per heavy atom. The van der Waals surface area contributed by atoms with Crippen LogP contribution in [0.3, 0.4) is 0 Å². The van der Waals surface area contributed by atoms with Crippen molar-refractivity contribution in [1.29, 1.82) is 0 Å². The van der Waals surface area contributed by atoms with Crippen LogP contribution in [0.2, 0.25) is 0 Å². The highest BCUT2D eigenvalue weighted by atomic mass is 31.2. The van der Waals surface area contributed by atoms with Gasteiger partial charge < -0.3 is 9.79 Å². The fraction of sp³-hybridized carbons (Fsp3) is 1.00. The van der Waals surface area contributed by atoms with Gasteiger partial charge >= 0.3 is 0 Å². The second kappa shape index (κ2) is 7.02. The third kappa shape index (κ3) is 8.25. The molecule has 0 saturated carbocycles. The van der Waals surface area contributed by atoms with Crippen molar-refractivity contribution < 1.29 is 9.79 Å². The minimum atomic E-state index is -1.65. The molecule has 0 aromatic rings. The van der Waals surface area contributed by atoms with E-state index < -0.39 is 8.38 Å². The molecule has 2 nitrogen and oxygen atoms in total. The fourth-order valence-corrected chi connectivity index (χ4v) is 1.70. The van der Waals surface area contributed by atoms with Gasteiger partial charge in [0.15, 0.2) is 8.38 Å². The first-order valence-corrected chi connectivity index (χ1v) is 5.75. The first-order chi connectivity index (χ1) is 5.16. The van der Waals surface area contributed by atoms with Crippen molar-refractivity contribution in [2.45, 2.75) is 39.5 Å². The Morgan fingerprint density at radius 1 is 1.27 bits per heavy atom. The largest absolute Gasteiger partial charge is 0.350 e. The van der Waals surface area contributed by atoms with Gasteiger partial charge in [0.25, 0.3) is 0 Å². The first kappa shape index (κ1) is 11.4. The molecule has 0 aliphatic carbocycles. The Morgan fingerprint density at radius 2 is 1.91 bits per heavy atom. The van der Waals surface area contributed by atoms with E-state index in [0.29, 0.717) is 12.1 Å². The average Bonchev–Trinajstić information content (AvgIpc) is 1.97. The van der Waals surface area contributed by atoms with Gasteiger partial charge in [-0.2, -0.15) is 0 Å². The highest BCUT2D eigenvalue weighted by Gasteiger charge is 2.04. The molecule has 0 rings (SSSR count). The van der Waals surface area contributed by atoms with Crippen molar-refractivity contribution in [3.8, 4) is 0 Å². The summed E-state index contributed by atoms with van der Waals surface area (Å²) in [6.45, 7) is 4.35. The maximum Gasteiger partial charge on any atom is 0.164 e. The molecule has 2 N–H and O–H groups in total.